The molecule has 4 aromatic carbocycles. The fraction of sp³-hybridized carbons (Fsp3) is 0.188. The fourth-order valence-corrected chi connectivity index (χ4v) is 7.47. The molecule has 0 saturated heterocycles. The van der Waals surface area contributed by atoms with Crippen LogP contribution in [0.3, 0.4) is 0 Å². The van der Waals surface area contributed by atoms with E-state index in [2.05, 4.69) is 74.4 Å². The van der Waals surface area contributed by atoms with Gasteiger partial charge in [-0.2, -0.15) is 0 Å². The molecular formula is C32H28Br4N2O4. The summed E-state index contributed by atoms with van der Waals surface area (Å²) in [4.78, 5) is 25.2. The van der Waals surface area contributed by atoms with Gasteiger partial charge in [-0.1, -0.05) is 44.0 Å². The van der Waals surface area contributed by atoms with Crippen LogP contribution < -0.4 is 20.1 Å². The number of rotatable bonds is 9. The van der Waals surface area contributed by atoms with Crippen LogP contribution in [0.2, 0.25) is 0 Å². The first-order valence-corrected chi connectivity index (χ1v) is 16.1. The average molecular weight is 824 g/mol. The molecule has 0 atom stereocenters. The fourth-order valence-electron chi connectivity index (χ4n) is 4.36. The minimum atomic E-state index is -0.248. The first-order valence-electron chi connectivity index (χ1n) is 12.9. The summed E-state index contributed by atoms with van der Waals surface area (Å²) >= 11 is 13.9. The van der Waals surface area contributed by atoms with Crippen molar-refractivity contribution >= 4 is 86.9 Å². The molecule has 0 bridgehead atoms. The van der Waals surface area contributed by atoms with Gasteiger partial charge in [0.25, 0.3) is 11.8 Å². The number of halogens is 4. The Hall–Kier alpha value is -2.66. The van der Waals surface area contributed by atoms with Crippen molar-refractivity contribution in [1.82, 2.24) is 0 Å². The van der Waals surface area contributed by atoms with Crippen molar-refractivity contribution in [2.24, 2.45) is 0 Å². The first kappa shape index (κ1) is 32.3. The Bertz CT molecular complexity index is 1500. The molecular weight excluding hydrogens is 796 g/mol. The SMILES string of the molecule is Cc1cc(-c2ccc(NC(=O)COc3c(C)cc(Br)cc3Br)c(C)c2)ccc1NC(=O)COc1c(C)cc(Br)cc1Br. The predicted molar refractivity (Wildman–Crippen MR) is 183 cm³/mol. The van der Waals surface area contributed by atoms with E-state index < -0.39 is 0 Å². The highest BCUT2D eigenvalue weighted by atomic mass is 79.9. The molecule has 0 aliphatic carbocycles. The number of aryl methyl sites for hydroxylation is 4. The van der Waals surface area contributed by atoms with Gasteiger partial charge in [0.2, 0.25) is 0 Å². The highest BCUT2D eigenvalue weighted by Gasteiger charge is 2.13. The number of ether oxygens (including phenoxy) is 2. The number of anilines is 2. The zero-order valence-electron chi connectivity index (χ0n) is 23.3. The van der Waals surface area contributed by atoms with Gasteiger partial charge in [-0.25, -0.2) is 0 Å². The molecule has 0 fully saturated rings. The Kier molecular flexibility index (Phi) is 10.9. The van der Waals surface area contributed by atoms with Crippen molar-refractivity contribution in [2.75, 3.05) is 23.8 Å². The number of carbonyl (C=O) groups is 2. The molecule has 0 aromatic heterocycles. The van der Waals surface area contributed by atoms with E-state index in [1.165, 1.54) is 0 Å². The van der Waals surface area contributed by atoms with E-state index in [-0.39, 0.29) is 25.0 Å². The Morgan fingerprint density at radius 2 is 0.952 bits per heavy atom. The number of benzene rings is 4. The predicted octanol–water partition coefficient (Wildman–Crippen LogP) is 9.67. The van der Waals surface area contributed by atoms with E-state index >= 15 is 0 Å². The van der Waals surface area contributed by atoms with Crippen molar-refractivity contribution in [3.8, 4) is 22.6 Å². The standard InChI is InChI=1S/C32H28Br4N2O4/c1-17-9-21(5-7-27(17)37-29(39)15-41-31-19(3)11-23(33)13-25(31)35)22-6-8-28(18(2)10-22)38-30(40)16-42-32-20(4)12-24(34)14-26(32)36/h5-14H,15-16H2,1-4H3,(H,37,39)(H,38,40). The largest absolute Gasteiger partial charge is 0.482 e. The molecule has 6 nitrogen and oxygen atoms in total. The van der Waals surface area contributed by atoms with Gasteiger partial charge in [0.15, 0.2) is 13.2 Å². The lowest BCUT2D eigenvalue weighted by molar-refractivity contribution is -0.118. The summed E-state index contributed by atoms with van der Waals surface area (Å²) in [6.45, 7) is 7.52. The molecule has 2 amide bonds. The van der Waals surface area contributed by atoms with Crippen molar-refractivity contribution in [3.05, 3.63) is 101 Å². The second-order valence-corrected chi connectivity index (χ2v) is 13.3. The summed E-state index contributed by atoms with van der Waals surface area (Å²) in [6, 6.07) is 19.3. The molecule has 218 valence electrons. The molecule has 0 aliphatic heterocycles. The quantitative estimate of drug-likeness (QED) is 0.176. The van der Waals surface area contributed by atoms with Gasteiger partial charge >= 0.3 is 0 Å². The van der Waals surface area contributed by atoms with E-state index in [1.807, 2.05) is 88.4 Å². The van der Waals surface area contributed by atoms with Crippen LogP contribution in [-0.2, 0) is 9.59 Å². The van der Waals surface area contributed by atoms with Gasteiger partial charge in [-0.15, -0.1) is 0 Å². The van der Waals surface area contributed by atoms with Gasteiger partial charge in [0, 0.05) is 20.3 Å². The van der Waals surface area contributed by atoms with Crippen LogP contribution in [0.4, 0.5) is 11.4 Å². The first-order chi connectivity index (χ1) is 19.9. The van der Waals surface area contributed by atoms with Crippen LogP contribution >= 0.6 is 63.7 Å². The summed E-state index contributed by atoms with van der Waals surface area (Å²) in [5, 5.41) is 5.86. The van der Waals surface area contributed by atoms with Crippen LogP contribution in [0.1, 0.15) is 22.3 Å². The van der Waals surface area contributed by atoms with Gasteiger partial charge in [0.1, 0.15) is 11.5 Å². The van der Waals surface area contributed by atoms with Crippen LogP contribution in [0.25, 0.3) is 11.1 Å². The molecule has 0 heterocycles. The second kappa shape index (κ2) is 14.2. The zero-order valence-corrected chi connectivity index (χ0v) is 29.7. The smallest absolute Gasteiger partial charge is 0.262 e. The Morgan fingerprint density at radius 3 is 1.29 bits per heavy atom. The summed E-state index contributed by atoms with van der Waals surface area (Å²) < 4.78 is 15.0. The Labute approximate surface area is 279 Å². The maximum absolute atomic E-state index is 12.6. The molecule has 0 radical (unpaired) electrons. The molecule has 0 saturated carbocycles. The topological polar surface area (TPSA) is 76.7 Å². The van der Waals surface area contributed by atoms with Gasteiger partial charge in [-0.05, 0) is 141 Å². The van der Waals surface area contributed by atoms with Crippen LogP contribution in [-0.4, -0.2) is 25.0 Å². The van der Waals surface area contributed by atoms with Crippen molar-refractivity contribution in [3.63, 3.8) is 0 Å². The molecule has 0 unspecified atom stereocenters. The lowest BCUT2D eigenvalue weighted by atomic mass is 10.00. The molecule has 0 spiro atoms. The van der Waals surface area contributed by atoms with E-state index in [9.17, 15) is 9.59 Å². The van der Waals surface area contributed by atoms with E-state index in [4.69, 9.17) is 9.47 Å². The molecule has 4 rings (SSSR count). The zero-order chi connectivity index (χ0) is 30.6. The number of carbonyl (C=O) groups excluding carboxylic acids is 2. The number of hydrogen-bond donors (Lipinski definition) is 2. The third kappa shape index (κ3) is 8.24. The molecule has 0 aliphatic rings. The lowest BCUT2D eigenvalue weighted by Gasteiger charge is -2.15. The van der Waals surface area contributed by atoms with Crippen molar-refractivity contribution in [2.45, 2.75) is 27.7 Å². The monoisotopic (exact) mass is 820 g/mol. The van der Waals surface area contributed by atoms with Crippen LogP contribution in [0, 0.1) is 27.7 Å². The third-order valence-electron chi connectivity index (χ3n) is 6.42. The van der Waals surface area contributed by atoms with Gasteiger partial charge in [0.05, 0.1) is 8.95 Å². The van der Waals surface area contributed by atoms with Crippen molar-refractivity contribution < 1.29 is 19.1 Å². The van der Waals surface area contributed by atoms with E-state index in [0.29, 0.717) is 22.9 Å². The van der Waals surface area contributed by atoms with Gasteiger partial charge in [-0.3, -0.25) is 9.59 Å². The maximum atomic E-state index is 12.6. The van der Waals surface area contributed by atoms with Crippen LogP contribution in [0.5, 0.6) is 11.5 Å². The summed E-state index contributed by atoms with van der Waals surface area (Å²) in [5.74, 6) is 0.775. The highest BCUT2D eigenvalue weighted by molar-refractivity contribution is 9.11. The van der Waals surface area contributed by atoms with E-state index in [0.717, 1.165) is 51.3 Å². The lowest BCUT2D eigenvalue weighted by Crippen LogP contribution is -2.21. The molecule has 42 heavy (non-hydrogen) atoms. The molecule has 10 heteroatoms. The summed E-state index contributed by atoms with van der Waals surface area (Å²) in [7, 11) is 0. The Morgan fingerprint density at radius 1 is 0.571 bits per heavy atom. The normalized spacial score (nSPS) is 10.8. The average Bonchev–Trinajstić information content (AvgIpc) is 2.89. The summed E-state index contributed by atoms with van der Waals surface area (Å²) in [6.07, 6.45) is 0. The van der Waals surface area contributed by atoms with Crippen LogP contribution in [0.15, 0.2) is 78.6 Å². The Balaban J connectivity index is 1.36. The number of amides is 2. The second-order valence-electron chi connectivity index (χ2n) is 9.80. The van der Waals surface area contributed by atoms with E-state index in [1.54, 1.807) is 0 Å². The minimum Gasteiger partial charge on any atom is -0.482 e. The number of nitrogens with one attached hydrogen (secondary N) is 2. The maximum Gasteiger partial charge on any atom is 0.262 e. The molecule has 2 N–H and O–H groups in total. The highest BCUT2D eigenvalue weighted by Crippen LogP contribution is 2.34. The van der Waals surface area contributed by atoms with Crippen molar-refractivity contribution in [1.29, 1.82) is 0 Å². The van der Waals surface area contributed by atoms with Gasteiger partial charge < -0.3 is 20.1 Å². The third-order valence-corrected chi connectivity index (χ3v) is 8.51. The molecule has 4 aromatic rings. The number of hydrogen-bond acceptors (Lipinski definition) is 4. The summed E-state index contributed by atoms with van der Waals surface area (Å²) in [5.41, 5.74) is 7.10. The minimum absolute atomic E-state index is 0.111.